The maximum Gasteiger partial charge on any atom is 0.148 e. The van der Waals surface area contributed by atoms with Gasteiger partial charge in [0.15, 0.2) is 0 Å². The lowest BCUT2D eigenvalue weighted by Crippen LogP contribution is -2.03. The van der Waals surface area contributed by atoms with E-state index in [9.17, 15) is 9.65 Å². The average Bonchev–Trinajstić information content (AvgIpc) is 2.50. The van der Waals surface area contributed by atoms with Gasteiger partial charge < -0.3 is 5.32 Å². The molecule has 0 radical (unpaired) electrons. The number of nitriles is 1. The van der Waals surface area contributed by atoms with E-state index in [1.54, 1.807) is 12.3 Å². The summed E-state index contributed by atoms with van der Waals surface area (Å²) >= 11 is 0. The molecule has 0 aromatic carbocycles. The Kier molecular flexibility index (Phi) is 5.05. The predicted octanol–water partition coefficient (Wildman–Crippen LogP) is 4.19. The first-order chi connectivity index (χ1) is 10.5. The molecule has 0 saturated heterocycles. The Morgan fingerprint density at radius 1 is 1.32 bits per heavy atom. The van der Waals surface area contributed by atoms with E-state index in [-0.39, 0.29) is 5.82 Å². The average molecular weight is 298 g/mol. The van der Waals surface area contributed by atoms with Crippen molar-refractivity contribution in [2.24, 2.45) is 0 Å². The Labute approximate surface area is 130 Å². The minimum atomic E-state index is -0.333. The van der Waals surface area contributed by atoms with Crippen LogP contribution in [0.15, 0.2) is 18.3 Å². The van der Waals surface area contributed by atoms with Crippen LogP contribution >= 0.6 is 0 Å². The van der Waals surface area contributed by atoms with Gasteiger partial charge >= 0.3 is 0 Å². The molecule has 0 aliphatic rings. The highest BCUT2D eigenvalue weighted by Crippen LogP contribution is 2.22. The molecular weight excluding hydrogens is 279 g/mol. The zero-order valence-electron chi connectivity index (χ0n) is 13.1. The van der Waals surface area contributed by atoms with Crippen molar-refractivity contribution < 1.29 is 4.39 Å². The SMILES string of the molecule is CCCCc1ncc(Nc2nc(C)c(C)cc2C#N)cc1F. The number of aromatic nitrogens is 2. The van der Waals surface area contributed by atoms with Gasteiger partial charge in [-0.1, -0.05) is 13.3 Å². The van der Waals surface area contributed by atoms with E-state index in [2.05, 4.69) is 28.3 Å². The van der Waals surface area contributed by atoms with Crippen LogP contribution in [0.5, 0.6) is 0 Å². The number of pyridine rings is 2. The minimum Gasteiger partial charge on any atom is -0.338 e. The molecule has 0 unspecified atom stereocenters. The van der Waals surface area contributed by atoms with Crippen molar-refractivity contribution in [2.75, 3.05) is 5.32 Å². The molecule has 0 spiro atoms. The van der Waals surface area contributed by atoms with Gasteiger partial charge in [0.05, 0.1) is 23.1 Å². The molecule has 0 bridgehead atoms. The van der Waals surface area contributed by atoms with E-state index >= 15 is 0 Å². The number of anilines is 2. The van der Waals surface area contributed by atoms with Gasteiger partial charge in [-0.2, -0.15) is 5.26 Å². The predicted molar refractivity (Wildman–Crippen MR) is 84.5 cm³/mol. The van der Waals surface area contributed by atoms with Crippen LogP contribution in [0.1, 0.15) is 42.3 Å². The molecule has 2 heterocycles. The number of unbranched alkanes of at least 4 members (excludes halogenated alkanes) is 1. The van der Waals surface area contributed by atoms with E-state index in [0.29, 0.717) is 29.2 Å². The van der Waals surface area contributed by atoms with Gasteiger partial charge in [0, 0.05) is 11.8 Å². The van der Waals surface area contributed by atoms with Gasteiger partial charge in [0.1, 0.15) is 17.7 Å². The van der Waals surface area contributed by atoms with Crippen LogP contribution in [0.2, 0.25) is 0 Å². The van der Waals surface area contributed by atoms with Gasteiger partial charge in [-0.05, 0) is 38.3 Å². The molecule has 5 heteroatoms. The monoisotopic (exact) mass is 298 g/mol. The molecule has 0 fully saturated rings. The van der Waals surface area contributed by atoms with Crippen LogP contribution < -0.4 is 5.32 Å². The van der Waals surface area contributed by atoms with Crippen molar-refractivity contribution in [2.45, 2.75) is 40.0 Å². The zero-order chi connectivity index (χ0) is 16.1. The Balaban J connectivity index is 2.26. The van der Waals surface area contributed by atoms with Crippen LogP contribution in [-0.2, 0) is 6.42 Å². The fourth-order valence-electron chi connectivity index (χ4n) is 2.09. The van der Waals surface area contributed by atoms with Gasteiger partial charge in [-0.25, -0.2) is 9.37 Å². The Hall–Kier alpha value is -2.48. The van der Waals surface area contributed by atoms with Crippen molar-refractivity contribution >= 4 is 11.5 Å². The second-order valence-corrected chi connectivity index (χ2v) is 5.28. The Morgan fingerprint density at radius 3 is 2.73 bits per heavy atom. The summed E-state index contributed by atoms with van der Waals surface area (Å²) < 4.78 is 14.0. The lowest BCUT2D eigenvalue weighted by Gasteiger charge is -2.10. The number of nitrogens with one attached hydrogen (secondary N) is 1. The quantitative estimate of drug-likeness (QED) is 0.899. The summed E-state index contributed by atoms with van der Waals surface area (Å²) in [5.41, 5.74) is 3.17. The van der Waals surface area contributed by atoms with Crippen molar-refractivity contribution in [1.82, 2.24) is 9.97 Å². The lowest BCUT2D eigenvalue weighted by molar-refractivity contribution is 0.591. The van der Waals surface area contributed by atoms with E-state index in [0.717, 1.165) is 24.1 Å². The molecule has 0 amide bonds. The van der Waals surface area contributed by atoms with Crippen molar-refractivity contribution in [3.63, 3.8) is 0 Å². The number of hydrogen-bond acceptors (Lipinski definition) is 4. The summed E-state index contributed by atoms with van der Waals surface area (Å²) in [5, 5.41) is 12.2. The van der Waals surface area contributed by atoms with Crippen LogP contribution in [-0.4, -0.2) is 9.97 Å². The smallest absolute Gasteiger partial charge is 0.148 e. The third kappa shape index (κ3) is 3.59. The molecular formula is C17H19FN4. The molecule has 114 valence electrons. The van der Waals surface area contributed by atoms with Gasteiger partial charge in [0.2, 0.25) is 0 Å². The standard InChI is InChI=1S/C17H19FN4/c1-4-5-6-16-15(18)8-14(10-20-16)22-17-13(9-19)7-11(2)12(3)21-17/h7-8,10H,4-6H2,1-3H3,(H,21,22). The van der Waals surface area contributed by atoms with E-state index in [1.165, 1.54) is 6.07 Å². The number of halogens is 1. The highest BCUT2D eigenvalue weighted by molar-refractivity contribution is 5.63. The maximum atomic E-state index is 14.0. The van der Waals surface area contributed by atoms with E-state index < -0.39 is 0 Å². The summed E-state index contributed by atoms with van der Waals surface area (Å²) in [6.45, 7) is 5.83. The minimum absolute atomic E-state index is 0.333. The molecule has 0 saturated carbocycles. The van der Waals surface area contributed by atoms with Gasteiger partial charge in [-0.15, -0.1) is 0 Å². The Morgan fingerprint density at radius 2 is 2.09 bits per heavy atom. The summed E-state index contributed by atoms with van der Waals surface area (Å²) in [6.07, 6.45) is 4.12. The van der Waals surface area contributed by atoms with E-state index in [1.807, 2.05) is 13.8 Å². The van der Waals surface area contributed by atoms with Crippen LogP contribution in [0.25, 0.3) is 0 Å². The molecule has 4 nitrogen and oxygen atoms in total. The molecule has 2 aromatic rings. The third-order valence-corrected chi connectivity index (χ3v) is 3.53. The summed E-state index contributed by atoms with van der Waals surface area (Å²) in [4.78, 5) is 8.52. The second-order valence-electron chi connectivity index (χ2n) is 5.28. The third-order valence-electron chi connectivity index (χ3n) is 3.53. The molecule has 2 aromatic heterocycles. The molecule has 2 rings (SSSR count). The molecule has 0 aliphatic heterocycles. The van der Waals surface area contributed by atoms with E-state index in [4.69, 9.17) is 0 Å². The summed E-state index contributed by atoms with van der Waals surface area (Å²) in [6, 6.07) is 5.27. The van der Waals surface area contributed by atoms with Gasteiger partial charge in [-0.3, -0.25) is 4.98 Å². The van der Waals surface area contributed by atoms with Crippen LogP contribution in [0.4, 0.5) is 15.9 Å². The van der Waals surface area contributed by atoms with Crippen LogP contribution in [0, 0.1) is 31.0 Å². The number of nitrogens with zero attached hydrogens (tertiary/aromatic N) is 3. The van der Waals surface area contributed by atoms with Crippen molar-refractivity contribution in [3.8, 4) is 6.07 Å². The van der Waals surface area contributed by atoms with Gasteiger partial charge in [0.25, 0.3) is 0 Å². The molecule has 0 aliphatic carbocycles. The maximum absolute atomic E-state index is 14.0. The lowest BCUT2D eigenvalue weighted by atomic mass is 10.1. The number of rotatable bonds is 5. The first kappa shape index (κ1) is 15.9. The first-order valence-corrected chi connectivity index (χ1v) is 7.35. The summed E-state index contributed by atoms with van der Waals surface area (Å²) in [7, 11) is 0. The van der Waals surface area contributed by atoms with Crippen molar-refractivity contribution in [1.29, 1.82) is 5.26 Å². The Bertz CT molecular complexity index is 719. The topological polar surface area (TPSA) is 61.6 Å². The highest BCUT2D eigenvalue weighted by atomic mass is 19.1. The largest absolute Gasteiger partial charge is 0.338 e. The van der Waals surface area contributed by atoms with Crippen molar-refractivity contribution in [3.05, 3.63) is 46.7 Å². The molecule has 22 heavy (non-hydrogen) atoms. The zero-order valence-corrected chi connectivity index (χ0v) is 13.1. The number of aryl methyl sites for hydroxylation is 3. The second kappa shape index (κ2) is 6.99. The normalized spacial score (nSPS) is 10.3. The molecule has 1 N–H and O–H groups in total. The molecule has 0 atom stereocenters. The number of hydrogen-bond donors (Lipinski definition) is 1. The fraction of sp³-hybridized carbons (Fsp3) is 0.353. The fourth-order valence-corrected chi connectivity index (χ4v) is 2.09. The summed E-state index contributed by atoms with van der Waals surface area (Å²) in [5.74, 6) is 0.0916. The highest BCUT2D eigenvalue weighted by Gasteiger charge is 2.10. The van der Waals surface area contributed by atoms with Crippen LogP contribution in [0.3, 0.4) is 0 Å². The first-order valence-electron chi connectivity index (χ1n) is 7.35.